The first-order valence-electron chi connectivity index (χ1n) is 5.95. The van der Waals surface area contributed by atoms with E-state index < -0.39 is 0 Å². The van der Waals surface area contributed by atoms with Crippen LogP contribution in [-0.4, -0.2) is 9.97 Å². The van der Waals surface area contributed by atoms with Gasteiger partial charge in [-0.15, -0.1) is 0 Å². The van der Waals surface area contributed by atoms with Gasteiger partial charge in [0.1, 0.15) is 0 Å². The minimum absolute atomic E-state index is 0. The molecule has 4 rings (SSSR count). The number of benzene rings is 2. The van der Waals surface area contributed by atoms with E-state index in [1.165, 1.54) is 5.39 Å². The van der Waals surface area contributed by atoms with Crippen LogP contribution in [0.15, 0.2) is 60.8 Å². The standard InChI is InChI=1S/C16H10N2.Ir/c1-2-6-14-12(4-1)10-13-8-7-11-5-3-9-17-15(11)16(13)18-14;/h1-10H;. The van der Waals surface area contributed by atoms with E-state index in [4.69, 9.17) is 4.98 Å². The number of hydrogen-bond acceptors (Lipinski definition) is 2. The first kappa shape index (κ1) is 12.2. The van der Waals surface area contributed by atoms with Crippen LogP contribution < -0.4 is 0 Å². The Balaban J connectivity index is 0.00000110. The summed E-state index contributed by atoms with van der Waals surface area (Å²) in [6.07, 6.45) is 1.82. The van der Waals surface area contributed by atoms with Crippen molar-refractivity contribution in [1.29, 1.82) is 0 Å². The van der Waals surface area contributed by atoms with Crippen LogP contribution in [0.2, 0.25) is 0 Å². The van der Waals surface area contributed by atoms with E-state index in [1.54, 1.807) is 0 Å². The van der Waals surface area contributed by atoms with Gasteiger partial charge in [-0.3, -0.25) is 4.98 Å². The third kappa shape index (κ3) is 1.92. The smallest absolute Gasteiger partial charge is 0.0972 e. The number of para-hydroxylation sites is 1. The van der Waals surface area contributed by atoms with Crippen LogP contribution in [0.3, 0.4) is 0 Å². The van der Waals surface area contributed by atoms with E-state index in [1.807, 2.05) is 30.5 Å². The molecule has 0 bridgehead atoms. The molecule has 0 aliphatic carbocycles. The summed E-state index contributed by atoms with van der Waals surface area (Å²) in [7, 11) is 0. The molecule has 2 aromatic carbocycles. The summed E-state index contributed by atoms with van der Waals surface area (Å²) in [5.41, 5.74) is 2.97. The maximum Gasteiger partial charge on any atom is 0.0972 e. The minimum atomic E-state index is 0. The van der Waals surface area contributed by atoms with Crippen molar-refractivity contribution in [2.24, 2.45) is 0 Å². The van der Waals surface area contributed by atoms with Gasteiger partial charge in [0.2, 0.25) is 0 Å². The molecule has 0 aliphatic heterocycles. The largest absolute Gasteiger partial charge is 0.254 e. The van der Waals surface area contributed by atoms with Gasteiger partial charge < -0.3 is 0 Å². The summed E-state index contributed by atoms with van der Waals surface area (Å²) >= 11 is 0. The summed E-state index contributed by atoms with van der Waals surface area (Å²) in [5.74, 6) is 0. The van der Waals surface area contributed by atoms with Crippen LogP contribution in [0.25, 0.3) is 32.7 Å². The average Bonchev–Trinajstić information content (AvgIpc) is 2.45. The van der Waals surface area contributed by atoms with Crippen molar-refractivity contribution < 1.29 is 20.1 Å². The number of aromatic nitrogens is 2. The Kier molecular flexibility index (Phi) is 3.01. The number of pyridine rings is 2. The number of hydrogen-bond donors (Lipinski definition) is 0. The molecule has 3 heteroatoms. The molecule has 19 heavy (non-hydrogen) atoms. The van der Waals surface area contributed by atoms with Crippen molar-refractivity contribution in [3.63, 3.8) is 0 Å². The van der Waals surface area contributed by atoms with Crippen LogP contribution in [0, 0.1) is 0 Å². The van der Waals surface area contributed by atoms with E-state index in [2.05, 4.69) is 35.3 Å². The molecule has 0 saturated carbocycles. The van der Waals surface area contributed by atoms with Crippen molar-refractivity contribution in [1.82, 2.24) is 9.97 Å². The van der Waals surface area contributed by atoms with Crippen LogP contribution >= 0.6 is 0 Å². The second-order valence-corrected chi connectivity index (χ2v) is 4.39. The minimum Gasteiger partial charge on any atom is -0.254 e. The maximum atomic E-state index is 4.74. The molecule has 0 amide bonds. The van der Waals surface area contributed by atoms with E-state index in [0.29, 0.717) is 0 Å². The maximum absolute atomic E-state index is 4.74. The Hall–Kier alpha value is -1.83. The van der Waals surface area contributed by atoms with E-state index in [0.717, 1.165) is 27.3 Å². The molecule has 0 unspecified atom stereocenters. The summed E-state index contributed by atoms with van der Waals surface area (Å²) < 4.78 is 0. The Morgan fingerprint density at radius 2 is 1.47 bits per heavy atom. The fourth-order valence-corrected chi connectivity index (χ4v) is 2.38. The van der Waals surface area contributed by atoms with Crippen LogP contribution in [0.4, 0.5) is 0 Å². The summed E-state index contributed by atoms with van der Waals surface area (Å²) in [6, 6.07) is 18.6. The van der Waals surface area contributed by atoms with Crippen molar-refractivity contribution in [2.45, 2.75) is 0 Å². The van der Waals surface area contributed by atoms with Crippen LogP contribution in [0.1, 0.15) is 0 Å². The normalized spacial score (nSPS) is 10.7. The average molecular weight is 422 g/mol. The van der Waals surface area contributed by atoms with Crippen molar-refractivity contribution in [3.05, 3.63) is 60.8 Å². The zero-order chi connectivity index (χ0) is 11.9. The third-order valence-corrected chi connectivity index (χ3v) is 3.26. The zero-order valence-electron chi connectivity index (χ0n) is 10.0. The summed E-state index contributed by atoms with van der Waals surface area (Å²) in [4.78, 5) is 9.20. The molecule has 0 spiro atoms. The van der Waals surface area contributed by atoms with Gasteiger partial charge in [-0.25, -0.2) is 4.98 Å². The Labute approximate surface area is 123 Å². The molecule has 4 aromatic rings. The second-order valence-electron chi connectivity index (χ2n) is 4.39. The van der Waals surface area contributed by atoms with Crippen molar-refractivity contribution in [2.75, 3.05) is 0 Å². The van der Waals surface area contributed by atoms with Crippen LogP contribution in [-0.2, 0) is 20.1 Å². The fourth-order valence-electron chi connectivity index (χ4n) is 2.38. The fraction of sp³-hybridized carbons (Fsp3) is 0. The molecule has 93 valence electrons. The molecule has 0 aliphatic rings. The second kappa shape index (κ2) is 4.69. The Morgan fingerprint density at radius 1 is 0.684 bits per heavy atom. The van der Waals surface area contributed by atoms with Gasteiger partial charge in [-0.1, -0.05) is 36.4 Å². The van der Waals surface area contributed by atoms with Gasteiger partial charge in [0, 0.05) is 42.5 Å². The molecule has 1 radical (unpaired) electrons. The molecule has 2 aromatic heterocycles. The third-order valence-electron chi connectivity index (χ3n) is 3.26. The SMILES string of the molecule is [Ir].c1ccc2nc3c(ccc4cccnc43)cc2c1. The first-order valence-corrected chi connectivity index (χ1v) is 5.95. The van der Waals surface area contributed by atoms with Gasteiger partial charge >= 0.3 is 0 Å². The molecule has 2 heterocycles. The number of nitrogens with zero attached hydrogens (tertiary/aromatic N) is 2. The van der Waals surface area contributed by atoms with Crippen molar-refractivity contribution >= 4 is 32.7 Å². The molecule has 0 fully saturated rings. The monoisotopic (exact) mass is 423 g/mol. The van der Waals surface area contributed by atoms with E-state index in [9.17, 15) is 0 Å². The van der Waals surface area contributed by atoms with Gasteiger partial charge in [0.15, 0.2) is 0 Å². The molecule has 0 atom stereocenters. The van der Waals surface area contributed by atoms with E-state index in [-0.39, 0.29) is 20.1 Å². The Morgan fingerprint density at radius 3 is 2.42 bits per heavy atom. The number of rotatable bonds is 0. The molecule has 0 saturated heterocycles. The van der Waals surface area contributed by atoms with Gasteiger partial charge in [0.25, 0.3) is 0 Å². The zero-order valence-corrected chi connectivity index (χ0v) is 12.4. The number of fused-ring (bicyclic) bond motifs is 4. The Bertz CT molecular complexity index is 881. The predicted octanol–water partition coefficient (Wildman–Crippen LogP) is 3.93. The molecular formula is C16H10IrN2. The molecular weight excluding hydrogens is 412 g/mol. The van der Waals surface area contributed by atoms with Crippen LogP contribution in [0.5, 0.6) is 0 Å². The summed E-state index contributed by atoms with van der Waals surface area (Å²) in [5, 5.41) is 3.44. The van der Waals surface area contributed by atoms with E-state index >= 15 is 0 Å². The topological polar surface area (TPSA) is 25.8 Å². The van der Waals surface area contributed by atoms with Gasteiger partial charge in [0.05, 0.1) is 16.6 Å². The van der Waals surface area contributed by atoms with Gasteiger partial charge in [-0.05, 0) is 18.2 Å². The summed E-state index contributed by atoms with van der Waals surface area (Å²) in [6.45, 7) is 0. The quantitative estimate of drug-likeness (QED) is 0.317. The first-order chi connectivity index (χ1) is 8.92. The van der Waals surface area contributed by atoms with Crippen molar-refractivity contribution in [3.8, 4) is 0 Å². The predicted molar refractivity (Wildman–Crippen MR) is 74.6 cm³/mol. The molecule has 0 N–H and O–H groups in total. The van der Waals surface area contributed by atoms with Gasteiger partial charge in [-0.2, -0.15) is 0 Å². The molecule has 2 nitrogen and oxygen atoms in total.